The molecule has 0 amide bonds. The highest BCUT2D eigenvalue weighted by molar-refractivity contribution is 14.0. The number of rotatable bonds is 12. The van der Waals surface area contributed by atoms with Crippen molar-refractivity contribution in [1.82, 2.24) is 15.5 Å². The van der Waals surface area contributed by atoms with Gasteiger partial charge in [-0.1, -0.05) is 24.3 Å². The lowest BCUT2D eigenvalue weighted by molar-refractivity contribution is 0.0342. The zero-order valence-corrected chi connectivity index (χ0v) is 20.2. The van der Waals surface area contributed by atoms with Gasteiger partial charge in [0, 0.05) is 46.4 Å². The van der Waals surface area contributed by atoms with Crippen molar-refractivity contribution < 1.29 is 14.2 Å². The van der Waals surface area contributed by atoms with Gasteiger partial charge in [0.2, 0.25) is 0 Å². The Hall–Kier alpha value is -0.940. The van der Waals surface area contributed by atoms with Gasteiger partial charge in [-0.05, 0) is 24.5 Å². The van der Waals surface area contributed by atoms with Crippen molar-refractivity contribution in [1.29, 1.82) is 0 Å². The van der Waals surface area contributed by atoms with Gasteiger partial charge in [0.1, 0.15) is 0 Å². The SMILES string of the molecule is CCNC(=NCc1cccc(CN2CCOCC2)c1)NCCCOCCOC.I. The Kier molecular flexibility index (Phi) is 15.1. The summed E-state index contributed by atoms with van der Waals surface area (Å²) >= 11 is 0. The second-order valence-corrected chi connectivity index (χ2v) is 6.79. The Labute approximate surface area is 192 Å². The minimum absolute atomic E-state index is 0. The summed E-state index contributed by atoms with van der Waals surface area (Å²) in [5.41, 5.74) is 2.56. The predicted molar refractivity (Wildman–Crippen MR) is 128 cm³/mol. The summed E-state index contributed by atoms with van der Waals surface area (Å²) in [7, 11) is 1.68. The van der Waals surface area contributed by atoms with Crippen LogP contribution in [0.2, 0.25) is 0 Å². The van der Waals surface area contributed by atoms with Crippen LogP contribution in [0.1, 0.15) is 24.5 Å². The lowest BCUT2D eigenvalue weighted by Crippen LogP contribution is -2.38. The average molecular weight is 520 g/mol. The van der Waals surface area contributed by atoms with E-state index < -0.39 is 0 Å². The van der Waals surface area contributed by atoms with Crippen LogP contribution in [0.3, 0.4) is 0 Å². The highest BCUT2D eigenvalue weighted by atomic mass is 127. The number of benzene rings is 1. The summed E-state index contributed by atoms with van der Waals surface area (Å²) in [5.74, 6) is 0.845. The number of methoxy groups -OCH3 is 1. The molecule has 0 bridgehead atoms. The minimum Gasteiger partial charge on any atom is -0.382 e. The fourth-order valence-corrected chi connectivity index (χ4v) is 2.98. The van der Waals surface area contributed by atoms with Crippen LogP contribution >= 0.6 is 24.0 Å². The number of hydrogen-bond donors (Lipinski definition) is 2. The number of guanidine groups is 1. The quantitative estimate of drug-likeness (QED) is 0.191. The fourth-order valence-electron chi connectivity index (χ4n) is 2.98. The maximum absolute atomic E-state index is 5.48. The van der Waals surface area contributed by atoms with Crippen LogP contribution < -0.4 is 10.6 Å². The van der Waals surface area contributed by atoms with Crippen LogP contribution in [0.4, 0.5) is 0 Å². The molecule has 0 unspecified atom stereocenters. The van der Waals surface area contributed by atoms with E-state index in [0.29, 0.717) is 19.8 Å². The smallest absolute Gasteiger partial charge is 0.191 e. The summed E-state index contributed by atoms with van der Waals surface area (Å²) in [4.78, 5) is 7.16. The predicted octanol–water partition coefficient (Wildman–Crippen LogP) is 2.25. The monoisotopic (exact) mass is 520 g/mol. The standard InChI is InChI=1S/C21H36N4O3.HI/c1-3-22-21(23-8-5-11-27-15-14-26-2)24-17-19-6-4-7-20(16-19)18-25-9-12-28-13-10-25;/h4,6-7,16H,3,5,8-15,17-18H2,1-2H3,(H2,22,23,24);1H. The molecule has 0 saturated carbocycles. The molecule has 29 heavy (non-hydrogen) atoms. The third kappa shape index (κ3) is 11.7. The van der Waals surface area contributed by atoms with E-state index in [1.807, 2.05) is 0 Å². The third-order valence-corrected chi connectivity index (χ3v) is 4.45. The number of halogens is 1. The first-order valence-electron chi connectivity index (χ1n) is 10.3. The Morgan fingerprint density at radius 1 is 1.14 bits per heavy atom. The fraction of sp³-hybridized carbons (Fsp3) is 0.667. The summed E-state index contributed by atoms with van der Waals surface area (Å²) in [6.45, 7) is 11.1. The van der Waals surface area contributed by atoms with E-state index in [0.717, 1.165) is 64.9 Å². The highest BCUT2D eigenvalue weighted by Gasteiger charge is 2.10. The van der Waals surface area contributed by atoms with Gasteiger partial charge < -0.3 is 24.8 Å². The van der Waals surface area contributed by atoms with E-state index in [9.17, 15) is 0 Å². The van der Waals surface area contributed by atoms with Crippen molar-refractivity contribution in [3.63, 3.8) is 0 Å². The molecule has 2 rings (SSSR count). The van der Waals surface area contributed by atoms with Gasteiger partial charge >= 0.3 is 0 Å². The molecule has 1 aromatic rings. The van der Waals surface area contributed by atoms with E-state index >= 15 is 0 Å². The molecule has 1 aliphatic rings. The van der Waals surface area contributed by atoms with Gasteiger partial charge in [-0.2, -0.15) is 0 Å². The van der Waals surface area contributed by atoms with Gasteiger partial charge in [-0.3, -0.25) is 4.90 Å². The molecule has 8 heteroatoms. The number of ether oxygens (including phenoxy) is 3. The number of nitrogens with one attached hydrogen (secondary N) is 2. The van der Waals surface area contributed by atoms with E-state index in [1.54, 1.807) is 7.11 Å². The second-order valence-electron chi connectivity index (χ2n) is 6.79. The number of morpholine rings is 1. The van der Waals surface area contributed by atoms with Gasteiger partial charge in [0.05, 0.1) is 33.0 Å². The molecular formula is C21H37IN4O3. The maximum Gasteiger partial charge on any atom is 0.191 e. The largest absolute Gasteiger partial charge is 0.382 e. The third-order valence-electron chi connectivity index (χ3n) is 4.45. The molecule has 0 radical (unpaired) electrons. The van der Waals surface area contributed by atoms with E-state index in [-0.39, 0.29) is 24.0 Å². The van der Waals surface area contributed by atoms with Crippen LogP contribution in [0.15, 0.2) is 29.3 Å². The van der Waals surface area contributed by atoms with Crippen molar-refractivity contribution in [2.45, 2.75) is 26.4 Å². The summed E-state index contributed by atoms with van der Waals surface area (Å²) in [6, 6.07) is 8.71. The maximum atomic E-state index is 5.48. The molecule has 2 N–H and O–H groups in total. The molecule has 1 heterocycles. The molecule has 166 valence electrons. The van der Waals surface area contributed by atoms with Crippen molar-refractivity contribution >= 4 is 29.9 Å². The number of hydrogen-bond acceptors (Lipinski definition) is 5. The van der Waals surface area contributed by atoms with Gasteiger partial charge in [-0.15, -0.1) is 24.0 Å². The molecule has 0 aromatic heterocycles. The van der Waals surface area contributed by atoms with Gasteiger partial charge in [-0.25, -0.2) is 4.99 Å². The molecular weight excluding hydrogens is 483 g/mol. The first-order valence-corrected chi connectivity index (χ1v) is 10.3. The Morgan fingerprint density at radius 3 is 2.69 bits per heavy atom. The molecule has 0 spiro atoms. The highest BCUT2D eigenvalue weighted by Crippen LogP contribution is 2.10. The van der Waals surface area contributed by atoms with E-state index in [2.05, 4.69) is 46.7 Å². The Bertz CT molecular complexity index is 569. The lowest BCUT2D eigenvalue weighted by atomic mass is 10.1. The number of aliphatic imine (C=N–C) groups is 1. The topological polar surface area (TPSA) is 67.4 Å². The van der Waals surface area contributed by atoms with Gasteiger partial charge in [0.25, 0.3) is 0 Å². The van der Waals surface area contributed by atoms with Gasteiger partial charge in [0.15, 0.2) is 5.96 Å². The molecule has 0 aliphatic carbocycles. The molecule has 1 fully saturated rings. The van der Waals surface area contributed by atoms with Crippen molar-refractivity contribution in [2.24, 2.45) is 4.99 Å². The van der Waals surface area contributed by atoms with Crippen molar-refractivity contribution in [3.8, 4) is 0 Å². The van der Waals surface area contributed by atoms with E-state index in [1.165, 1.54) is 11.1 Å². The Balaban J connectivity index is 0.00000420. The molecule has 1 aromatic carbocycles. The second kappa shape index (κ2) is 16.8. The Morgan fingerprint density at radius 2 is 1.93 bits per heavy atom. The first kappa shape index (κ1) is 26.1. The zero-order valence-electron chi connectivity index (χ0n) is 17.8. The van der Waals surface area contributed by atoms with Crippen molar-refractivity contribution in [2.75, 3.05) is 66.3 Å². The zero-order chi connectivity index (χ0) is 19.9. The van der Waals surface area contributed by atoms with Crippen LogP contribution in [-0.4, -0.2) is 77.2 Å². The lowest BCUT2D eigenvalue weighted by Gasteiger charge is -2.26. The first-order chi connectivity index (χ1) is 13.8. The van der Waals surface area contributed by atoms with Crippen LogP contribution in [0.25, 0.3) is 0 Å². The van der Waals surface area contributed by atoms with Crippen LogP contribution in [0, 0.1) is 0 Å². The molecule has 7 nitrogen and oxygen atoms in total. The van der Waals surface area contributed by atoms with E-state index in [4.69, 9.17) is 19.2 Å². The summed E-state index contributed by atoms with van der Waals surface area (Å²) in [6.07, 6.45) is 0.934. The summed E-state index contributed by atoms with van der Waals surface area (Å²) < 4.78 is 15.9. The molecule has 1 saturated heterocycles. The number of nitrogens with zero attached hydrogens (tertiary/aromatic N) is 2. The summed E-state index contributed by atoms with van der Waals surface area (Å²) in [5, 5.41) is 6.67. The molecule has 1 aliphatic heterocycles. The van der Waals surface area contributed by atoms with Crippen LogP contribution in [-0.2, 0) is 27.3 Å². The average Bonchev–Trinajstić information content (AvgIpc) is 2.72. The van der Waals surface area contributed by atoms with Crippen LogP contribution in [0.5, 0.6) is 0 Å². The normalized spacial score (nSPS) is 15.0. The van der Waals surface area contributed by atoms with Crippen molar-refractivity contribution in [3.05, 3.63) is 35.4 Å². The minimum atomic E-state index is 0. The molecule has 0 atom stereocenters.